The van der Waals surface area contributed by atoms with Crippen LogP contribution in [0, 0.1) is 5.82 Å². The van der Waals surface area contributed by atoms with E-state index in [-0.39, 0.29) is 11.4 Å². The van der Waals surface area contributed by atoms with Crippen molar-refractivity contribution in [2.45, 2.75) is 13.3 Å². The second-order valence-corrected chi connectivity index (χ2v) is 5.94. The number of aromatic nitrogens is 1. The van der Waals surface area contributed by atoms with Crippen LogP contribution < -0.4 is 5.56 Å². The second kappa shape index (κ2) is 7.83. The molecule has 0 fully saturated rings. The zero-order chi connectivity index (χ0) is 18.5. The lowest BCUT2D eigenvalue weighted by molar-refractivity contribution is 0.299. The highest BCUT2D eigenvalue weighted by molar-refractivity contribution is 5.75. The molecule has 0 aliphatic carbocycles. The van der Waals surface area contributed by atoms with E-state index in [4.69, 9.17) is 4.74 Å². The molecule has 0 amide bonds. The zero-order valence-corrected chi connectivity index (χ0v) is 14.6. The molecule has 0 saturated heterocycles. The highest BCUT2D eigenvalue weighted by Gasteiger charge is 2.14. The van der Waals surface area contributed by atoms with Crippen molar-refractivity contribution in [2.24, 2.45) is 0 Å². The van der Waals surface area contributed by atoms with Gasteiger partial charge in [0, 0.05) is 17.5 Å². The van der Waals surface area contributed by atoms with Gasteiger partial charge in [-0.2, -0.15) is 0 Å². The number of benzene rings is 2. The third kappa shape index (κ3) is 3.91. The van der Waals surface area contributed by atoms with Crippen LogP contribution in [0.3, 0.4) is 0 Å². The van der Waals surface area contributed by atoms with Crippen molar-refractivity contribution >= 4 is 5.76 Å². The lowest BCUT2D eigenvalue weighted by Gasteiger charge is -2.14. The summed E-state index contributed by atoms with van der Waals surface area (Å²) >= 11 is 0. The van der Waals surface area contributed by atoms with E-state index in [1.165, 1.54) is 12.1 Å². The van der Waals surface area contributed by atoms with Gasteiger partial charge in [-0.1, -0.05) is 49.0 Å². The van der Waals surface area contributed by atoms with E-state index in [1.807, 2.05) is 43.3 Å². The van der Waals surface area contributed by atoms with Crippen molar-refractivity contribution in [3.63, 3.8) is 0 Å². The molecule has 4 heteroatoms. The molecule has 3 aromatic rings. The van der Waals surface area contributed by atoms with E-state index in [9.17, 15) is 9.18 Å². The summed E-state index contributed by atoms with van der Waals surface area (Å²) in [6, 6.07) is 17.5. The van der Waals surface area contributed by atoms with E-state index in [1.54, 1.807) is 12.1 Å². The van der Waals surface area contributed by atoms with Crippen LogP contribution in [0.15, 0.2) is 72.0 Å². The normalized spacial score (nSPS) is 10.5. The first kappa shape index (κ1) is 17.7. The first-order valence-electron chi connectivity index (χ1n) is 8.46. The number of hydrogen-bond acceptors (Lipinski definition) is 2. The number of hydrogen-bond donors (Lipinski definition) is 1. The van der Waals surface area contributed by atoms with Gasteiger partial charge in [-0.05, 0) is 36.2 Å². The van der Waals surface area contributed by atoms with Crippen molar-refractivity contribution in [2.75, 3.05) is 6.61 Å². The van der Waals surface area contributed by atoms with E-state index in [2.05, 4.69) is 11.6 Å². The lowest BCUT2D eigenvalue weighted by Crippen LogP contribution is -2.16. The van der Waals surface area contributed by atoms with Crippen LogP contribution in [0.5, 0.6) is 0 Å². The van der Waals surface area contributed by atoms with Crippen molar-refractivity contribution in [3.05, 3.63) is 100 Å². The molecule has 3 nitrogen and oxygen atoms in total. The molecule has 0 aliphatic heterocycles. The number of ether oxygens (including phenoxy) is 1. The monoisotopic (exact) mass is 349 g/mol. The van der Waals surface area contributed by atoms with Crippen molar-refractivity contribution in [1.29, 1.82) is 0 Å². The maximum Gasteiger partial charge on any atom is 0.251 e. The van der Waals surface area contributed by atoms with Crippen molar-refractivity contribution in [3.8, 4) is 11.3 Å². The second-order valence-electron chi connectivity index (χ2n) is 5.94. The van der Waals surface area contributed by atoms with Crippen LogP contribution in [0.2, 0.25) is 0 Å². The SMILES string of the molecule is C=C(OCC)c1cc(Cc2ccc(F)cc2)c(=O)[nH]c1-c1ccccc1. The fourth-order valence-electron chi connectivity index (χ4n) is 2.83. The molecular weight excluding hydrogens is 329 g/mol. The van der Waals surface area contributed by atoms with Gasteiger partial charge in [0.05, 0.1) is 12.3 Å². The molecule has 2 aromatic carbocycles. The Kier molecular flexibility index (Phi) is 5.32. The zero-order valence-electron chi connectivity index (χ0n) is 14.6. The average Bonchev–Trinajstić information content (AvgIpc) is 2.65. The summed E-state index contributed by atoms with van der Waals surface area (Å²) in [5.74, 6) is 0.204. The van der Waals surface area contributed by atoms with Crippen LogP contribution >= 0.6 is 0 Å². The van der Waals surface area contributed by atoms with E-state index in [0.29, 0.717) is 30.0 Å². The Morgan fingerprint density at radius 2 is 1.81 bits per heavy atom. The van der Waals surface area contributed by atoms with Crippen molar-refractivity contribution < 1.29 is 9.13 Å². The molecule has 3 rings (SSSR count). The van der Waals surface area contributed by atoms with Gasteiger partial charge in [-0.15, -0.1) is 0 Å². The Morgan fingerprint density at radius 3 is 2.46 bits per heavy atom. The molecule has 0 atom stereocenters. The van der Waals surface area contributed by atoms with E-state index >= 15 is 0 Å². The molecule has 0 spiro atoms. The van der Waals surface area contributed by atoms with Crippen LogP contribution in [0.25, 0.3) is 17.0 Å². The average molecular weight is 349 g/mol. The van der Waals surface area contributed by atoms with Gasteiger partial charge in [0.25, 0.3) is 5.56 Å². The van der Waals surface area contributed by atoms with Gasteiger partial charge in [0.15, 0.2) is 0 Å². The molecule has 1 aromatic heterocycles. The Hall–Kier alpha value is -3.14. The summed E-state index contributed by atoms with van der Waals surface area (Å²) in [7, 11) is 0. The Labute approximate surface area is 151 Å². The van der Waals surface area contributed by atoms with Gasteiger partial charge < -0.3 is 9.72 Å². The molecule has 0 aliphatic rings. The minimum Gasteiger partial charge on any atom is -0.494 e. The quantitative estimate of drug-likeness (QED) is 0.651. The maximum atomic E-state index is 13.1. The van der Waals surface area contributed by atoms with Crippen LogP contribution in [0.1, 0.15) is 23.6 Å². The Morgan fingerprint density at radius 1 is 1.12 bits per heavy atom. The molecule has 0 unspecified atom stereocenters. The van der Waals surface area contributed by atoms with Gasteiger partial charge in [-0.3, -0.25) is 4.79 Å². The van der Waals surface area contributed by atoms with Gasteiger partial charge in [0.2, 0.25) is 0 Å². The molecule has 1 N–H and O–H groups in total. The third-order valence-electron chi connectivity index (χ3n) is 4.11. The maximum absolute atomic E-state index is 13.1. The highest BCUT2D eigenvalue weighted by Crippen LogP contribution is 2.27. The highest BCUT2D eigenvalue weighted by atomic mass is 19.1. The fourth-order valence-corrected chi connectivity index (χ4v) is 2.83. The van der Waals surface area contributed by atoms with Crippen LogP contribution in [0.4, 0.5) is 4.39 Å². The lowest BCUT2D eigenvalue weighted by atomic mass is 9.99. The summed E-state index contributed by atoms with van der Waals surface area (Å²) in [5.41, 5.74) is 3.56. The number of H-pyrrole nitrogens is 1. The summed E-state index contributed by atoms with van der Waals surface area (Å²) in [6.07, 6.45) is 0.400. The van der Waals surface area contributed by atoms with Gasteiger partial charge >= 0.3 is 0 Å². The molecule has 132 valence electrons. The van der Waals surface area contributed by atoms with Crippen LogP contribution in [-0.4, -0.2) is 11.6 Å². The minimum atomic E-state index is -0.299. The number of rotatable bonds is 6. The number of nitrogens with one attached hydrogen (secondary N) is 1. The third-order valence-corrected chi connectivity index (χ3v) is 4.11. The molecule has 0 radical (unpaired) electrons. The van der Waals surface area contributed by atoms with Gasteiger partial charge in [-0.25, -0.2) is 4.39 Å². The summed E-state index contributed by atoms with van der Waals surface area (Å²) in [5, 5.41) is 0. The molecule has 26 heavy (non-hydrogen) atoms. The smallest absolute Gasteiger partial charge is 0.251 e. The first-order valence-corrected chi connectivity index (χ1v) is 8.46. The first-order chi connectivity index (χ1) is 12.6. The van der Waals surface area contributed by atoms with Crippen LogP contribution in [-0.2, 0) is 11.2 Å². The largest absolute Gasteiger partial charge is 0.494 e. The van der Waals surface area contributed by atoms with Gasteiger partial charge in [0.1, 0.15) is 11.6 Å². The number of pyridine rings is 1. The predicted molar refractivity (Wildman–Crippen MR) is 102 cm³/mol. The molecular formula is C22H20FNO2. The van der Waals surface area contributed by atoms with E-state index < -0.39 is 0 Å². The van der Waals surface area contributed by atoms with E-state index in [0.717, 1.165) is 16.7 Å². The summed E-state index contributed by atoms with van der Waals surface area (Å²) < 4.78 is 18.7. The number of halogens is 1. The molecule has 0 bridgehead atoms. The minimum absolute atomic E-state index is 0.179. The number of aromatic amines is 1. The molecule has 0 saturated carbocycles. The molecule has 1 heterocycles. The fraction of sp³-hybridized carbons (Fsp3) is 0.136. The summed E-state index contributed by atoms with van der Waals surface area (Å²) in [6.45, 7) is 6.37. The topological polar surface area (TPSA) is 42.1 Å². The standard InChI is InChI=1S/C22H20FNO2/c1-3-26-15(2)20-14-18(13-16-9-11-19(23)12-10-16)22(25)24-21(20)17-7-5-4-6-8-17/h4-12,14H,2-3,13H2,1H3,(H,24,25). The Bertz CT molecular complexity index is 960. The Balaban J connectivity index is 2.07. The summed E-state index contributed by atoms with van der Waals surface area (Å²) in [4.78, 5) is 15.6. The van der Waals surface area contributed by atoms with Crippen molar-refractivity contribution in [1.82, 2.24) is 4.98 Å². The predicted octanol–water partition coefficient (Wildman–Crippen LogP) is 4.78.